The van der Waals surface area contributed by atoms with Crippen LogP contribution in [0.5, 0.6) is 0 Å². The fourth-order valence-corrected chi connectivity index (χ4v) is 4.37. The lowest BCUT2D eigenvalue weighted by Crippen LogP contribution is -2.34. The van der Waals surface area contributed by atoms with E-state index in [1.54, 1.807) is 41.3 Å². The molecule has 1 aromatic carbocycles. The highest BCUT2D eigenvalue weighted by Gasteiger charge is 2.23. The molecular weight excluding hydrogens is 392 g/mol. The molecule has 3 aromatic rings. The first kappa shape index (κ1) is 19.5. The Morgan fingerprint density at radius 2 is 2.00 bits per heavy atom. The van der Waals surface area contributed by atoms with Crippen molar-refractivity contribution < 1.29 is 13.2 Å². The van der Waals surface area contributed by atoms with Gasteiger partial charge >= 0.3 is 0 Å². The quantitative estimate of drug-likeness (QED) is 0.634. The van der Waals surface area contributed by atoms with Crippen molar-refractivity contribution in [2.24, 2.45) is 7.05 Å². The Kier molecular flexibility index (Phi) is 5.31. The van der Waals surface area contributed by atoms with Crippen LogP contribution in [0, 0.1) is 6.92 Å². The molecule has 152 valence electrons. The second kappa shape index (κ2) is 7.90. The number of anilines is 2. The summed E-state index contributed by atoms with van der Waals surface area (Å²) in [4.78, 5) is 9.10. The lowest BCUT2D eigenvalue weighted by Gasteiger charge is -2.12. The Labute approximate surface area is 169 Å². The molecule has 4 rings (SSSR count). The minimum absolute atomic E-state index is 0.176. The molecule has 2 N–H and O–H groups in total. The number of nitrogens with zero attached hydrogens (tertiary/aromatic N) is 4. The number of aryl methyl sites for hydroxylation is 2. The third-order valence-electron chi connectivity index (χ3n) is 4.62. The van der Waals surface area contributed by atoms with Gasteiger partial charge in [-0.25, -0.2) is 23.1 Å². The van der Waals surface area contributed by atoms with Crippen molar-refractivity contribution in [2.75, 3.05) is 18.5 Å². The number of rotatable bonds is 6. The summed E-state index contributed by atoms with van der Waals surface area (Å²) in [5.41, 5.74) is 3.21. The number of ether oxygens (including phenoxy) is 1. The van der Waals surface area contributed by atoms with E-state index in [1.807, 2.05) is 20.2 Å². The number of hydrogen-bond acceptors (Lipinski definition) is 7. The monoisotopic (exact) mass is 414 g/mol. The van der Waals surface area contributed by atoms with Gasteiger partial charge in [0.25, 0.3) is 0 Å². The predicted octanol–water partition coefficient (Wildman–Crippen LogP) is 2.00. The Bertz CT molecular complexity index is 1110. The van der Waals surface area contributed by atoms with Gasteiger partial charge in [-0.1, -0.05) is 12.1 Å². The molecule has 29 heavy (non-hydrogen) atoms. The van der Waals surface area contributed by atoms with Gasteiger partial charge in [0.05, 0.1) is 29.1 Å². The Hall–Kier alpha value is -2.82. The highest BCUT2D eigenvalue weighted by atomic mass is 32.2. The molecule has 2 aromatic heterocycles. The minimum atomic E-state index is -3.58. The van der Waals surface area contributed by atoms with Gasteiger partial charge in [-0.05, 0) is 31.0 Å². The van der Waals surface area contributed by atoms with E-state index in [-0.39, 0.29) is 10.9 Å². The molecule has 0 saturated carbocycles. The minimum Gasteiger partial charge on any atom is -0.380 e. The molecule has 0 radical (unpaired) electrons. The number of hydrogen-bond donors (Lipinski definition) is 2. The van der Waals surface area contributed by atoms with E-state index in [0.29, 0.717) is 25.6 Å². The zero-order valence-corrected chi connectivity index (χ0v) is 17.0. The van der Waals surface area contributed by atoms with Crippen molar-refractivity contribution in [1.82, 2.24) is 24.5 Å². The molecule has 9 nitrogen and oxygen atoms in total. The third-order valence-corrected chi connectivity index (χ3v) is 6.16. The summed E-state index contributed by atoms with van der Waals surface area (Å²) in [6, 6.07) is 6.50. The summed E-state index contributed by atoms with van der Waals surface area (Å²) in [6.45, 7) is 2.90. The summed E-state index contributed by atoms with van der Waals surface area (Å²) in [7, 11) is -1.75. The van der Waals surface area contributed by atoms with Gasteiger partial charge in [0.2, 0.25) is 16.0 Å². The fourth-order valence-electron chi connectivity index (χ4n) is 3.12. The largest absolute Gasteiger partial charge is 0.380 e. The molecule has 1 aliphatic heterocycles. The highest BCUT2D eigenvalue weighted by molar-refractivity contribution is 7.89. The first-order chi connectivity index (χ1) is 13.9. The van der Waals surface area contributed by atoms with Crippen LogP contribution in [0.15, 0.2) is 47.8 Å². The predicted molar refractivity (Wildman–Crippen MR) is 108 cm³/mol. The van der Waals surface area contributed by atoms with Crippen LogP contribution in [-0.2, 0) is 21.8 Å². The average molecular weight is 414 g/mol. The molecule has 3 heterocycles. The van der Waals surface area contributed by atoms with Crippen molar-refractivity contribution in [3.05, 3.63) is 48.4 Å². The maximum atomic E-state index is 12.6. The van der Waals surface area contributed by atoms with Gasteiger partial charge in [0.15, 0.2) is 0 Å². The zero-order chi connectivity index (χ0) is 20.4. The molecule has 0 amide bonds. The average Bonchev–Trinajstić information content (AvgIpc) is 3.35. The van der Waals surface area contributed by atoms with E-state index in [2.05, 4.69) is 25.1 Å². The van der Waals surface area contributed by atoms with Gasteiger partial charge in [-0.3, -0.25) is 4.68 Å². The van der Waals surface area contributed by atoms with Crippen LogP contribution in [0.2, 0.25) is 0 Å². The zero-order valence-electron chi connectivity index (χ0n) is 16.2. The van der Waals surface area contributed by atoms with Crippen LogP contribution in [0.1, 0.15) is 12.0 Å². The van der Waals surface area contributed by atoms with E-state index in [1.165, 1.54) is 0 Å². The maximum absolute atomic E-state index is 12.6. The number of aromatic nitrogens is 4. The van der Waals surface area contributed by atoms with E-state index < -0.39 is 10.0 Å². The molecule has 1 atom stereocenters. The summed E-state index contributed by atoms with van der Waals surface area (Å²) >= 11 is 0. The van der Waals surface area contributed by atoms with Crippen LogP contribution in [0.4, 0.5) is 11.6 Å². The maximum Gasteiger partial charge on any atom is 0.240 e. The molecule has 0 aliphatic carbocycles. The van der Waals surface area contributed by atoms with Crippen LogP contribution >= 0.6 is 0 Å². The molecular formula is C19H22N6O3S. The normalized spacial score (nSPS) is 16.8. The molecule has 1 fully saturated rings. The van der Waals surface area contributed by atoms with Crippen LogP contribution in [-0.4, -0.2) is 47.4 Å². The van der Waals surface area contributed by atoms with Crippen molar-refractivity contribution in [1.29, 1.82) is 0 Å². The second-order valence-corrected chi connectivity index (χ2v) is 8.67. The summed E-state index contributed by atoms with van der Waals surface area (Å²) < 4.78 is 34.7. The van der Waals surface area contributed by atoms with E-state index >= 15 is 0 Å². The first-order valence-corrected chi connectivity index (χ1v) is 10.7. The second-order valence-electron chi connectivity index (χ2n) is 6.96. The Morgan fingerprint density at radius 1 is 1.21 bits per heavy atom. The topological polar surface area (TPSA) is 111 Å². The Morgan fingerprint density at radius 3 is 2.66 bits per heavy atom. The van der Waals surface area contributed by atoms with Crippen LogP contribution in [0.3, 0.4) is 0 Å². The van der Waals surface area contributed by atoms with Crippen molar-refractivity contribution in [3.8, 4) is 11.3 Å². The van der Waals surface area contributed by atoms with Gasteiger partial charge < -0.3 is 10.1 Å². The first-order valence-electron chi connectivity index (χ1n) is 9.20. The highest BCUT2D eigenvalue weighted by Crippen LogP contribution is 2.24. The standard InChI is InChI=1S/C19H22N6O3S/c1-13-9-20-19(22-16-10-21-25(2)11-16)23-18(13)14-3-5-17(6-4-14)29(26,27)24-15-7-8-28-12-15/h3-6,9-11,15,24H,7-8,12H2,1-2H3,(H,20,22,23). The number of benzene rings is 1. The van der Waals surface area contributed by atoms with Gasteiger partial charge in [-0.15, -0.1) is 0 Å². The molecule has 1 saturated heterocycles. The van der Waals surface area contributed by atoms with Gasteiger partial charge in [-0.2, -0.15) is 5.10 Å². The van der Waals surface area contributed by atoms with Crippen LogP contribution < -0.4 is 10.0 Å². The van der Waals surface area contributed by atoms with Crippen molar-refractivity contribution in [2.45, 2.75) is 24.3 Å². The lowest BCUT2D eigenvalue weighted by atomic mass is 10.1. The van der Waals surface area contributed by atoms with Crippen LogP contribution in [0.25, 0.3) is 11.3 Å². The SMILES string of the molecule is Cc1cnc(Nc2cnn(C)c2)nc1-c1ccc(S(=O)(=O)NC2CCOC2)cc1. The summed E-state index contributed by atoms with van der Waals surface area (Å²) in [6.07, 6.45) is 5.92. The fraction of sp³-hybridized carbons (Fsp3) is 0.316. The summed E-state index contributed by atoms with van der Waals surface area (Å²) in [5.74, 6) is 0.443. The molecule has 1 unspecified atom stereocenters. The Balaban J connectivity index is 1.56. The number of nitrogens with one attached hydrogen (secondary N) is 2. The van der Waals surface area contributed by atoms with E-state index in [9.17, 15) is 8.42 Å². The van der Waals surface area contributed by atoms with E-state index in [0.717, 1.165) is 22.5 Å². The smallest absolute Gasteiger partial charge is 0.240 e. The van der Waals surface area contributed by atoms with Gasteiger partial charge in [0.1, 0.15) is 0 Å². The number of sulfonamides is 1. The molecule has 10 heteroatoms. The molecule has 1 aliphatic rings. The van der Waals surface area contributed by atoms with E-state index in [4.69, 9.17) is 4.74 Å². The van der Waals surface area contributed by atoms with Crippen molar-refractivity contribution in [3.63, 3.8) is 0 Å². The third kappa shape index (κ3) is 4.44. The molecule has 0 bridgehead atoms. The molecule has 0 spiro atoms. The van der Waals surface area contributed by atoms with Crippen molar-refractivity contribution >= 4 is 21.7 Å². The lowest BCUT2D eigenvalue weighted by molar-refractivity contribution is 0.192. The summed E-state index contributed by atoms with van der Waals surface area (Å²) in [5, 5.41) is 7.22. The van der Waals surface area contributed by atoms with Gasteiger partial charge in [0, 0.05) is 37.7 Å².